The fourth-order valence-corrected chi connectivity index (χ4v) is 4.05. The Morgan fingerprint density at radius 3 is 2.67 bits per heavy atom. The quantitative estimate of drug-likeness (QED) is 0.827. The maximum atomic E-state index is 3.64. The lowest BCUT2D eigenvalue weighted by Crippen LogP contribution is -2.49. The summed E-state index contributed by atoms with van der Waals surface area (Å²) in [6.45, 7) is 12.2. The highest BCUT2D eigenvalue weighted by molar-refractivity contribution is 4.84. The number of piperidine rings is 1. The molecule has 0 aromatic carbocycles. The summed E-state index contributed by atoms with van der Waals surface area (Å²) in [4.78, 5) is 2.74. The molecule has 1 saturated heterocycles. The number of nitrogens with one attached hydrogen (secondary N) is 1. The van der Waals surface area contributed by atoms with E-state index in [1.54, 1.807) is 0 Å². The smallest absolute Gasteiger partial charge is 0.0117 e. The van der Waals surface area contributed by atoms with Crippen molar-refractivity contribution in [2.75, 3.05) is 26.2 Å². The molecule has 0 spiro atoms. The average molecular weight is 252 g/mol. The van der Waals surface area contributed by atoms with Crippen LogP contribution in [0.25, 0.3) is 0 Å². The van der Waals surface area contributed by atoms with Gasteiger partial charge in [-0.1, -0.05) is 33.6 Å². The molecule has 106 valence electrons. The first kappa shape index (κ1) is 14.3. The minimum Gasteiger partial charge on any atom is -0.314 e. The fraction of sp³-hybridized carbons (Fsp3) is 1.00. The van der Waals surface area contributed by atoms with Crippen LogP contribution in [0.1, 0.15) is 52.9 Å². The second-order valence-electron chi connectivity index (χ2n) is 6.83. The van der Waals surface area contributed by atoms with E-state index in [0.717, 1.165) is 30.3 Å². The molecular weight excluding hydrogens is 220 g/mol. The molecule has 2 aliphatic rings. The van der Waals surface area contributed by atoms with Crippen LogP contribution >= 0.6 is 0 Å². The van der Waals surface area contributed by atoms with Gasteiger partial charge in [0, 0.05) is 19.1 Å². The van der Waals surface area contributed by atoms with Crippen molar-refractivity contribution < 1.29 is 0 Å². The Kier molecular flexibility index (Phi) is 5.50. The molecule has 1 saturated carbocycles. The minimum absolute atomic E-state index is 0.761. The largest absolute Gasteiger partial charge is 0.314 e. The Balaban J connectivity index is 1.74. The van der Waals surface area contributed by atoms with E-state index in [4.69, 9.17) is 0 Å². The van der Waals surface area contributed by atoms with Gasteiger partial charge in [-0.25, -0.2) is 0 Å². The number of hydrogen-bond donors (Lipinski definition) is 1. The SMILES string of the molecule is CCNC1CCN(CC2CCCC(C)C2)CC1C. The van der Waals surface area contributed by atoms with Crippen LogP contribution in [-0.4, -0.2) is 37.1 Å². The van der Waals surface area contributed by atoms with Crippen molar-refractivity contribution in [1.82, 2.24) is 10.2 Å². The van der Waals surface area contributed by atoms with Crippen molar-refractivity contribution in [3.63, 3.8) is 0 Å². The van der Waals surface area contributed by atoms with E-state index < -0.39 is 0 Å². The lowest BCUT2D eigenvalue weighted by atomic mass is 9.81. The highest BCUT2D eigenvalue weighted by Crippen LogP contribution is 2.30. The van der Waals surface area contributed by atoms with E-state index in [1.807, 2.05) is 0 Å². The van der Waals surface area contributed by atoms with E-state index in [9.17, 15) is 0 Å². The summed E-state index contributed by atoms with van der Waals surface area (Å²) in [5.74, 6) is 2.77. The predicted molar refractivity (Wildman–Crippen MR) is 78.8 cm³/mol. The molecule has 1 aliphatic heterocycles. The lowest BCUT2D eigenvalue weighted by molar-refractivity contribution is 0.112. The summed E-state index contributed by atoms with van der Waals surface area (Å²) < 4.78 is 0. The molecule has 18 heavy (non-hydrogen) atoms. The zero-order valence-electron chi connectivity index (χ0n) is 12.6. The Morgan fingerprint density at radius 2 is 2.00 bits per heavy atom. The second kappa shape index (κ2) is 6.91. The van der Waals surface area contributed by atoms with Gasteiger partial charge < -0.3 is 10.2 Å². The zero-order valence-corrected chi connectivity index (χ0v) is 12.6. The first-order valence-electron chi connectivity index (χ1n) is 8.14. The molecule has 2 heteroatoms. The van der Waals surface area contributed by atoms with E-state index >= 15 is 0 Å². The summed E-state index contributed by atoms with van der Waals surface area (Å²) in [7, 11) is 0. The Bertz CT molecular complexity index is 241. The summed E-state index contributed by atoms with van der Waals surface area (Å²) in [6.07, 6.45) is 7.23. The molecule has 2 nitrogen and oxygen atoms in total. The number of hydrogen-bond acceptors (Lipinski definition) is 2. The molecule has 1 heterocycles. The molecule has 0 radical (unpaired) electrons. The van der Waals surface area contributed by atoms with Gasteiger partial charge >= 0.3 is 0 Å². The summed E-state index contributed by atoms with van der Waals surface area (Å²) in [5.41, 5.74) is 0. The molecule has 1 aliphatic carbocycles. The first-order valence-corrected chi connectivity index (χ1v) is 8.14. The van der Waals surface area contributed by atoms with Crippen LogP contribution in [0.5, 0.6) is 0 Å². The molecule has 2 rings (SSSR count). The molecule has 4 unspecified atom stereocenters. The third-order valence-corrected chi connectivity index (χ3v) is 5.02. The fourth-order valence-electron chi connectivity index (χ4n) is 4.05. The summed E-state index contributed by atoms with van der Waals surface area (Å²) in [5, 5.41) is 3.64. The standard InChI is InChI=1S/C16H32N2/c1-4-17-16-8-9-18(11-14(16)3)12-15-7-5-6-13(2)10-15/h13-17H,4-12H2,1-3H3. The Morgan fingerprint density at radius 1 is 1.17 bits per heavy atom. The minimum atomic E-state index is 0.761. The predicted octanol–water partition coefficient (Wildman–Crippen LogP) is 3.13. The van der Waals surface area contributed by atoms with Crippen molar-refractivity contribution in [2.45, 2.75) is 58.9 Å². The maximum Gasteiger partial charge on any atom is 0.0117 e. The molecule has 0 aromatic heterocycles. The normalized spacial score (nSPS) is 38.8. The topological polar surface area (TPSA) is 15.3 Å². The molecule has 1 N–H and O–H groups in total. The van der Waals surface area contributed by atoms with Gasteiger partial charge in [0.2, 0.25) is 0 Å². The molecule has 2 fully saturated rings. The van der Waals surface area contributed by atoms with Gasteiger partial charge in [0.25, 0.3) is 0 Å². The summed E-state index contributed by atoms with van der Waals surface area (Å²) >= 11 is 0. The lowest BCUT2D eigenvalue weighted by Gasteiger charge is -2.40. The maximum absolute atomic E-state index is 3.64. The van der Waals surface area contributed by atoms with Gasteiger partial charge in [-0.3, -0.25) is 0 Å². The Labute approximate surface area is 114 Å². The van der Waals surface area contributed by atoms with Gasteiger partial charge in [-0.2, -0.15) is 0 Å². The second-order valence-corrected chi connectivity index (χ2v) is 6.83. The van der Waals surface area contributed by atoms with E-state index in [-0.39, 0.29) is 0 Å². The van der Waals surface area contributed by atoms with E-state index in [0.29, 0.717) is 0 Å². The van der Waals surface area contributed by atoms with Gasteiger partial charge in [0.1, 0.15) is 0 Å². The van der Waals surface area contributed by atoms with Gasteiger partial charge in [0.05, 0.1) is 0 Å². The van der Waals surface area contributed by atoms with Crippen LogP contribution in [0.4, 0.5) is 0 Å². The van der Waals surface area contributed by atoms with Crippen LogP contribution in [0, 0.1) is 17.8 Å². The van der Waals surface area contributed by atoms with Crippen LogP contribution in [0.3, 0.4) is 0 Å². The third-order valence-electron chi connectivity index (χ3n) is 5.02. The van der Waals surface area contributed by atoms with Gasteiger partial charge in [0.15, 0.2) is 0 Å². The Hall–Kier alpha value is -0.0800. The monoisotopic (exact) mass is 252 g/mol. The van der Waals surface area contributed by atoms with Crippen molar-refractivity contribution in [1.29, 1.82) is 0 Å². The highest BCUT2D eigenvalue weighted by atomic mass is 15.1. The number of likely N-dealkylation sites (tertiary alicyclic amines) is 1. The molecule has 0 aromatic rings. The molecular formula is C16H32N2. The van der Waals surface area contributed by atoms with Crippen LogP contribution < -0.4 is 5.32 Å². The average Bonchev–Trinajstić information content (AvgIpc) is 2.33. The molecule has 4 atom stereocenters. The number of nitrogens with zero attached hydrogens (tertiary/aromatic N) is 1. The van der Waals surface area contributed by atoms with Crippen LogP contribution in [0.15, 0.2) is 0 Å². The van der Waals surface area contributed by atoms with E-state index in [1.165, 1.54) is 51.7 Å². The molecule has 0 amide bonds. The van der Waals surface area contributed by atoms with Gasteiger partial charge in [-0.15, -0.1) is 0 Å². The number of rotatable bonds is 4. The van der Waals surface area contributed by atoms with Gasteiger partial charge in [-0.05, 0) is 50.1 Å². The van der Waals surface area contributed by atoms with Crippen molar-refractivity contribution >= 4 is 0 Å². The summed E-state index contributed by atoms with van der Waals surface area (Å²) in [6, 6.07) is 0.761. The van der Waals surface area contributed by atoms with Crippen LogP contribution in [-0.2, 0) is 0 Å². The van der Waals surface area contributed by atoms with Crippen molar-refractivity contribution in [3.8, 4) is 0 Å². The van der Waals surface area contributed by atoms with Crippen LogP contribution in [0.2, 0.25) is 0 Å². The van der Waals surface area contributed by atoms with Crippen molar-refractivity contribution in [3.05, 3.63) is 0 Å². The highest BCUT2D eigenvalue weighted by Gasteiger charge is 2.28. The first-order chi connectivity index (χ1) is 8.69. The molecule has 0 bridgehead atoms. The zero-order chi connectivity index (χ0) is 13.0. The third kappa shape index (κ3) is 3.96. The van der Waals surface area contributed by atoms with Crippen molar-refractivity contribution in [2.24, 2.45) is 17.8 Å². The van der Waals surface area contributed by atoms with E-state index in [2.05, 4.69) is 31.0 Å².